The zero-order valence-corrected chi connectivity index (χ0v) is 11.4. The monoisotopic (exact) mass is 300 g/mol. The maximum atomic E-state index is 12.8. The standard InChI is InChI=1S/C11H16ClF3N2O2/c1-7(3-5-12)4-6-17-8(18)10(2,11(13,14)15)16-9(17)19/h7H,3-6H2,1-2H3,(H,16,19). The fourth-order valence-corrected chi connectivity index (χ4v) is 2.14. The smallest absolute Gasteiger partial charge is 0.316 e. The van der Waals surface area contributed by atoms with E-state index in [4.69, 9.17) is 11.6 Å². The summed E-state index contributed by atoms with van der Waals surface area (Å²) in [5.74, 6) is -0.680. The molecule has 0 spiro atoms. The molecular weight excluding hydrogens is 285 g/mol. The van der Waals surface area contributed by atoms with E-state index in [1.807, 2.05) is 6.92 Å². The van der Waals surface area contributed by atoms with Gasteiger partial charge in [0.05, 0.1) is 0 Å². The van der Waals surface area contributed by atoms with Gasteiger partial charge < -0.3 is 5.32 Å². The molecule has 1 aliphatic heterocycles. The van der Waals surface area contributed by atoms with E-state index >= 15 is 0 Å². The van der Waals surface area contributed by atoms with Gasteiger partial charge in [0.15, 0.2) is 0 Å². The highest BCUT2D eigenvalue weighted by Crippen LogP contribution is 2.35. The molecule has 1 N–H and O–H groups in total. The molecule has 4 nitrogen and oxygen atoms in total. The van der Waals surface area contributed by atoms with Crippen LogP contribution in [0.4, 0.5) is 18.0 Å². The second-order valence-electron chi connectivity index (χ2n) is 4.88. The number of amides is 3. The molecule has 0 aromatic heterocycles. The Balaban J connectivity index is 2.72. The minimum Gasteiger partial charge on any atom is -0.316 e. The first kappa shape index (κ1) is 16.1. The Morgan fingerprint density at radius 3 is 2.37 bits per heavy atom. The number of alkyl halides is 4. The summed E-state index contributed by atoms with van der Waals surface area (Å²) in [5.41, 5.74) is -2.82. The molecule has 8 heteroatoms. The first-order valence-electron chi connectivity index (χ1n) is 5.90. The summed E-state index contributed by atoms with van der Waals surface area (Å²) in [6, 6.07) is -0.997. The first-order valence-corrected chi connectivity index (χ1v) is 6.43. The molecule has 0 bridgehead atoms. The molecule has 0 aromatic rings. The number of carbonyl (C=O) groups is 2. The number of rotatable bonds is 5. The van der Waals surface area contributed by atoms with Crippen molar-refractivity contribution in [3.63, 3.8) is 0 Å². The van der Waals surface area contributed by atoms with Crippen molar-refractivity contribution in [1.82, 2.24) is 10.2 Å². The Morgan fingerprint density at radius 1 is 1.37 bits per heavy atom. The highest BCUT2D eigenvalue weighted by molar-refractivity contribution is 6.17. The maximum Gasteiger partial charge on any atom is 0.420 e. The third-order valence-electron chi connectivity index (χ3n) is 3.29. The molecule has 19 heavy (non-hydrogen) atoms. The van der Waals surface area contributed by atoms with Crippen LogP contribution < -0.4 is 5.32 Å². The van der Waals surface area contributed by atoms with Gasteiger partial charge in [0.2, 0.25) is 5.54 Å². The summed E-state index contributed by atoms with van der Waals surface area (Å²) < 4.78 is 38.3. The van der Waals surface area contributed by atoms with Gasteiger partial charge in [0.25, 0.3) is 5.91 Å². The molecule has 0 aliphatic carbocycles. The van der Waals surface area contributed by atoms with Crippen LogP contribution in [-0.2, 0) is 4.79 Å². The van der Waals surface area contributed by atoms with Gasteiger partial charge in [0, 0.05) is 12.4 Å². The summed E-state index contributed by atoms with van der Waals surface area (Å²) in [4.78, 5) is 23.9. The van der Waals surface area contributed by atoms with Crippen molar-refractivity contribution in [2.75, 3.05) is 12.4 Å². The quantitative estimate of drug-likeness (QED) is 0.626. The largest absolute Gasteiger partial charge is 0.420 e. The molecule has 1 heterocycles. The molecule has 2 atom stereocenters. The summed E-state index contributed by atoms with van der Waals surface area (Å²) in [6.07, 6.45) is -3.70. The Bertz CT molecular complexity index is 375. The van der Waals surface area contributed by atoms with E-state index in [0.717, 1.165) is 0 Å². The average Bonchev–Trinajstić information content (AvgIpc) is 2.48. The van der Waals surface area contributed by atoms with Crippen LogP contribution in [0, 0.1) is 5.92 Å². The summed E-state index contributed by atoms with van der Waals surface area (Å²) in [6.45, 7) is 2.51. The van der Waals surface area contributed by atoms with Crippen molar-refractivity contribution >= 4 is 23.5 Å². The van der Waals surface area contributed by atoms with Gasteiger partial charge in [-0.15, -0.1) is 11.6 Å². The zero-order valence-electron chi connectivity index (χ0n) is 10.7. The third kappa shape index (κ3) is 3.13. The van der Waals surface area contributed by atoms with E-state index < -0.39 is 23.7 Å². The van der Waals surface area contributed by atoms with Crippen LogP contribution in [0.3, 0.4) is 0 Å². The highest BCUT2D eigenvalue weighted by Gasteiger charge is 2.64. The molecule has 2 unspecified atom stereocenters. The van der Waals surface area contributed by atoms with Crippen molar-refractivity contribution in [3.8, 4) is 0 Å². The van der Waals surface area contributed by atoms with Gasteiger partial charge >= 0.3 is 12.2 Å². The van der Waals surface area contributed by atoms with E-state index in [-0.39, 0.29) is 12.5 Å². The Labute approximate surface area is 114 Å². The van der Waals surface area contributed by atoms with Gasteiger partial charge in [-0.2, -0.15) is 13.2 Å². The summed E-state index contributed by atoms with van der Waals surface area (Å²) in [5, 5.41) is 1.71. The Kier molecular flexibility index (Phi) is 4.71. The fourth-order valence-electron chi connectivity index (χ4n) is 1.77. The lowest BCUT2D eigenvalue weighted by Crippen LogP contribution is -2.56. The minimum absolute atomic E-state index is 0.0333. The van der Waals surface area contributed by atoms with Crippen LogP contribution in [0.5, 0.6) is 0 Å². The van der Waals surface area contributed by atoms with E-state index in [2.05, 4.69) is 0 Å². The molecule has 1 saturated heterocycles. The third-order valence-corrected chi connectivity index (χ3v) is 3.51. The lowest BCUT2D eigenvalue weighted by Gasteiger charge is -2.24. The van der Waals surface area contributed by atoms with Crippen molar-refractivity contribution in [2.24, 2.45) is 5.92 Å². The number of nitrogens with one attached hydrogen (secondary N) is 1. The van der Waals surface area contributed by atoms with E-state index in [1.165, 1.54) is 0 Å². The predicted molar refractivity (Wildman–Crippen MR) is 63.8 cm³/mol. The average molecular weight is 301 g/mol. The van der Waals surface area contributed by atoms with E-state index in [9.17, 15) is 22.8 Å². The molecular formula is C11H16ClF3N2O2. The van der Waals surface area contributed by atoms with Crippen molar-refractivity contribution in [2.45, 2.75) is 38.4 Å². The molecule has 1 fully saturated rings. The Hall–Kier alpha value is -0.980. The molecule has 0 saturated carbocycles. The van der Waals surface area contributed by atoms with Crippen molar-refractivity contribution < 1.29 is 22.8 Å². The number of nitrogens with zero attached hydrogens (tertiary/aromatic N) is 1. The number of carbonyl (C=O) groups excluding carboxylic acids is 2. The van der Waals surface area contributed by atoms with Crippen LogP contribution in [0.1, 0.15) is 26.7 Å². The van der Waals surface area contributed by atoms with Crippen LogP contribution >= 0.6 is 11.6 Å². The number of imide groups is 1. The maximum absolute atomic E-state index is 12.8. The van der Waals surface area contributed by atoms with Gasteiger partial charge in [-0.25, -0.2) is 4.79 Å². The van der Waals surface area contributed by atoms with Crippen LogP contribution in [0.15, 0.2) is 0 Å². The highest BCUT2D eigenvalue weighted by atomic mass is 35.5. The number of hydrogen-bond acceptors (Lipinski definition) is 2. The number of hydrogen-bond donors (Lipinski definition) is 1. The molecule has 1 rings (SSSR count). The van der Waals surface area contributed by atoms with Crippen LogP contribution in [0.2, 0.25) is 0 Å². The van der Waals surface area contributed by atoms with Gasteiger partial charge in [-0.05, 0) is 25.7 Å². The molecule has 1 aliphatic rings. The SMILES string of the molecule is CC(CCCl)CCN1C(=O)NC(C)(C(F)(F)F)C1=O. The first-order chi connectivity index (χ1) is 8.63. The molecule has 0 aromatic carbocycles. The van der Waals surface area contributed by atoms with Crippen molar-refractivity contribution in [1.29, 1.82) is 0 Å². The van der Waals surface area contributed by atoms with Crippen LogP contribution in [-0.4, -0.2) is 41.0 Å². The van der Waals surface area contributed by atoms with Gasteiger partial charge in [0.1, 0.15) is 0 Å². The second-order valence-corrected chi connectivity index (χ2v) is 5.26. The minimum atomic E-state index is -4.81. The van der Waals surface area contributed by atoms with E-state index in [1.54, 1.807) is 5.32 Å². The van der Waals surface area contributed by atoms with Crippen molar-refractivity contribution in [3.05, 3.63) is 0 Å². The summed E-state index contributed by atoms with van der Waals surface area (Å²) in [7, 11) is 0. The number of halogens is 4. The Morgan fingerprint density at radius 2 is 1.95 bits per heavy atom. The van der Waals surface area contributed by atoms with Crippen LogP contribution in [0.25, 0.3) is 0 Å². The summed E-state index contributed by atoms with van der Waals surface area (Å²) >= 11 is 5.55. The second kappa shape index (κ2) is 5.56. The fraction of sp³-hybridized carbons (Fsp3) is 0.818. The lowest BCUT2D eigenvalue weighted by molar-refractivity contribution is -0.191. The van der Waals surface area contributed by atoms with E-state index in [0.29, 0.717) is 30.5 Å². The predicted octanol–water partition coefficient (Wildman–Crippen LogP) is 2.51. The zero-order chi connectivity index (χ0) is 14.8. The van der Waals surface area contributed by atoms with Gasteiger partial charge in [-0.3, -0.25) is 9.69 Å². The molecule has 110 valence electrons. The lowest BCUT2D eigenvalue weighted by atomic mass is 10.0. The number of urea groups is 1. The molecule has 3 amide bonds. The topological polar surface area (TPSA) is 49.4 Å². The van der Waals surface area contributed by atoms with Gasteiger partial charge in [-0.1, -0.05) is 6.92 Å². The normalized spacial score (nSPS) is 25.7. The molecule has 0 radical (unpaired) electrons.